The molecule has 1 atom stereocenters. The van der Waals surface area contributed by atoms with Crippen molar-refractivity contribution in [3.63, 3.8) is 0 Å². The maximum Gasteiger partial charge on any atom is 0.185 e. The minimum Gasteiger partial charge on any atom is -0.360 e. The molecule has 122 valence electrons. The SMILES string of the molecule is CCC(CNc1nc2c(s1)c(C)nn2C)N1CCN(C)CC1. The van der Waals surface area contributed by atoms with E-state index in [1.807, 2.05) is 18.7 Å². The topological polar surface area (TPSA) is 49.2 Å². The van der Waals surface area contributed by atoms with Crippen LogP contribution in [0.25, 0.3) is 10.3 Å². The highest BCUT2D eigenvalue weighted by Gasteiger charge is 2.21. The average molecular weight is 322 g/mol. The molecule has 1 N–H and O–H groups in total. The Morgan fingerprint density at radius 3 is 2.59 bits per heavy atom. The summed E-state index contributed by atoms with van der Waals surface area (Å²) in [5.74, 6) is 0. The molecule has 0 radical (unpaired) electrons. The molecule has 0 bridgehead atoms. The van der Waals surface area contributed by atoms with Crippen molar-refractivity contribution < 1.29 is 0 Å². The highest BCUT2D eigenvalue weighted by atomic mass is 32.1. The fourth-order valence-corrected chi connectivity index (χ4v) is 4.02. The van der Waals surface area contributed by atoms with E-state index in [0.29, 0.717) is 6.04 Å². The van der Waals surface area contributed by atoms with Gasteiger partial charge in [0.1, 0.15) is 0 Å². The van der Waals surface area contributed by atoms with E-state index in [-0.39, 0.29) is 0 Å². The Bertz CT molecular complexity index is 591. The summed E-state index contributed by atoms with van der Waals surface area (Å²) < 4.78 is 3.06. The van der Waals surface area contributed by atoms with E-state index >= 15 is 0 Å². The number of anilines is 1. The van der Waals surface area contributed by atoms with E-state index in [1.54, 1.807) is 11.3 Å². The van der Waals surface area contributed by atoms with Gasteiger partial charge in [0.2, 0.25) is 0 Å². The first-order valence-corrected chi connectivity index (χ1v) is 8.86. The number of likely N-dealkylation sites (N-methyl/N-ethyl adjacent to an activating group) is 1. The summed E-state index contributed by atoms with van der Waals surface area (Å²) in [5.41, 5.74) is 2.05. The summed E-state index contributed by atoms with van der Waals surface area (Å²) in [6, 6.07) is 0.583. The van der Waals surface area contributed by atoms with E-state index in [1.165, 1.54) is 37.3 Å². The summed E-state index contributed by atoms with van der Waals surface area (Å²) in [4.78, 5) is 9.68. The third-order valence-corrected chi connectivity index (χ3v) is 5.67. The molecule has 2 aromatic heterocycles. The van der Waals surface area contributed by atoms with Gasteiger partial charge in [0.05, 0.1) is 10.4 Å². The zero-order valence-electron chi connectivity index (χ0n) is 14.0. The quantitative estimate of drug-likeness (QED) is 0.909. The normalized spacial score (nSPS) is 18.9. The minimum absolute atomic E-state index is 0.583. The molecule has 3 heterocycles. The van der Waals surface area contributed by atoms with Crippen molar-refractivity contribution >= 4 is 26.8 Å². The van der Waals surface area contributed by atoms with Gasteiger partial charge in [0, 0.05) is 45.8 Å². The van der Waals surface area contributed by atoms with Crippen molar-refractivity contribution in [2.75, 3.05) is 45.1 Å². The van der Waals surface area contributed by atoms with Crippen LogP contribution in [0.15, 0.2) is 0 Å². The second kappa shape index (κ2) is 6.52. The molecule has 1 aliphatic rings. The Labute approximate surface area is 136 Å². The van der Waals surface area contributed by atoms with Crippen LogP contribution in [0, 0.1) is 6.92 Å². The second-order valence-corrected chi connectivity index (χ2v) is 7.16. The van der Waals surface area contributed by atoms with Crippen LogP contribution in [0.2, 0.25) is 0 Å². The number of fused-ring (bicyclic) bond motifs is 1. The van der Waals surface area contributed by atoms with E-state index < -0.39 is 0 Å². The summed E-state index contributed by atoms with van der Waals surface area (Å²) in [5, 5.41) is 8.97. The van der Waals surface area contributed by atoms with Gasteiger partial charge in [-0.05, 0) is 20.4 Å². The van der Waals surface area contributed by atoms with Crippen LogP contribution in [0.3, 0.4) is 0 Å². The Kier molecular flexibility index (Phi) is 4.65. The van der Waals surface area contributed by atoms with E-state index in [2.05, 4.69) is 39.2 Å². The number of piperazine rings is 1. The van der Waals surface area contributed by atoms with Crippen molar-refractivity contribution in [2.24, 2.45) is 7.05 Å². The van der Waals surface area contributed by atoms with Crippen LogP contribution in [-0.4, -0.2) is 70.4 Å². The molecule has 2 aromatic rings. The molecule has 0 aliphatic carbocycles. The Morgan fingerprint density at radius 2 is 1.95 bits per heavy atom. The van der Waals surface area contributed by atoms with Gasteiger partial charge in [0.25, 0.3) is 0 Å². The lowest BCUT2D eigenvalue weighted by Gasteiger charge is -2.37. The van der Waals surface area contributed by atoms with Gasteiger partial charge in [-0.1, -0.05) is 18.3 Å². The van der Waals surface area contributed by atoms with Gasteiger partial charge in [0.15, 0.2) is 10.8 Å². The molecule has 0 amide bonds. The van der Waals surface area contributed by atoms with Crippen molar-refractivity contribution in [3.05, 3.63) is 5.69 Å². The lowest BCUT2D eigenvalue weighted by Crippen LogP contribution is -2.50. The number of hydrogen-bond acceptors (Lipinski definition) is 6. The first kappa shape index (κ1) is 15.7. The molecule has 0 aromatic carbocycles. The highest BCUT2D eigenvalue weighted by Crippen LogP contribution is 2.28. The van der Waals surface area contributed by atoms with Crippen molar-refractivity contribution in [1.82, 2.24) is 24.6 Å². The van der Waals surface area contributed by atoms with Crippen LogP contribution in [0.1, 0.15) is 19.0 Å². The van der Waals surface area contributed by atoms with Crippen LogP contribution in [0.5, 0.6) is 0 Å². The third-order valence-electron chi connectivity index (χ3n) is 4.56. The molecule has 6 nitrogen and oxygen atoms in total. The molecule has 3 rings (SSSR count). The number of nitrogens with one attached hydrogen (secondary N) is 1. The molecular formula is C15H26N6S. The number of rotatable bonds is 5. The average Bonchev–Trinajstić information content (AvgIpc) is 3.03. The second-order valence-electron chi connectivity index (χ2n) is 6.16. The van der Waals surface area contributed by atoms with Crippen LogP contribution in [0.4, 0.5) is 5.13 Å². The number of aryl methyl sites for hydroxylation is 2. The summed E-state index contributed by atoms with van der Waals surface area (Å²) in [6.07, 6.45) is 1.17. The Morgan fingerprint density at radius 1 is 1.23 bits per heavy atom. The zero-order valence-corrected chi connectivity index (χ0v) is 14.8. The first-order chi connectivity index (χ1) is 10.6. The van der Waals surface area contributed by atoms with Gasteiger partial charge in [-0.2, -0.15) is 5.10 Å². The molecule has 1 unspecified atom stereocenters. The monoisotopic (exact) mass is 322 g/mol. The Balaban J connectivity index is 1.63. The molecule has 0 saturated carbocycles. The Hall–Kier alpha value is -1.18. The van der Waals surface area contributed by atoms with Gasteiger partial charge >= 0.3 is 0 Å². The van der Waals surface area contributed by atoms with Gasteiger partial charge in [-0.25, -0.2) is 9.67 Å². The molecule has 22 heavy (non-hydrogen) atoms. The molecule has 1 aliphatic heterocycles. The van der Waals surface area contributed by atoms with Crippen LogP contribution < -0.4 is 5.32 Å². The standard InChI is InChI=1S/C15H26N6S/c1-5-12(21-8-6-19(3)7-9-21)10-16-15-17-14-13(22-15)11(2)18-20(14)4/h12H,5-10H2,1-4H3,(H,16,17). The zero-order chi connectivity index (χ0) is 15.7. The molecule has 7 heteroatoms. The number of thiazole rings is 1. The minimum atomic E-state index is 0.583. The largest absolute Gasteiger partial charge is 0.360 e. The van der Waals surface area contributed by atoms with E-state index in [9.17, 15) is 0 Å². The van der Waals surface area contributed by atoms with Gasteiger partial charge in [-0.3, -0.25) is 4.90 Å². The molecular weight excluding hydrogens is 296 g/mol. The lowest BCUT2D eigenvalue weighted by atomic mass is 10.1. The number of hydrogen-bond donors (Lipinski definition) is 1. The summed E-state index contributed by atoms with van der Waals surface area (Å²) in [6.45, 7) is 9.96. The van der Waals surface area contributed by atoms with Gasteiger partial charge < -0.3 is 10.2 Å². The predicted molar refractivity (Wildman–Crippen MR) is 92.8 cm³/mol. The lowest BCUT2D eigenvalue weighted by molar-refractivity contribution is 0.114. The maximum absolute atomic E-state index is 4.68. The molecule has 1 fully saturated rings. The smallest absolute Gasteiger partial charge is 0.185 e. The highest BCUT2D eigenvalue weighted by molar-refractivity contribution is 7.22. The molecule has 1 saturated heterocycles. The van der Waals surface area contributed by atoms with E-state index in [0.717, 1.165) is 23.0 Å². The van der Waals surface area contributed by atoms with E-state index in [4.69, 9.17) is 0 Å². The summed E-state index contributed by atoms with van der Waals surface area (Å²) >= 11 is 1.71. The van der Waals surface area contributed by atoms with Gasteiger partial charge in [-0.15, -0.1) is 0 Å². The molecule has 0 spiro atoms. The maximum atomic E-state index is 4.68. The van der Waals surface area contributed by atoms with Crippen LogP contribution >= 0.6 is 11.3 Å². The number of nitrogens with zero attached hydrogens (tertiary/aromatic N) is 5. The third kappa shape index (κ3) is 3.11. The number of aromatic nitrogens is 3. The van der Waals surface area contributed by atoms with Crippen LogP contribution in [-0.2, 0) is 7.05 Å². The predicted octanol–water partition coefficient (Wildman–Crippen LogP) is 1.78. The fraction of sp³-hybridized carbons (Fsp3) is 0.733. The first-order valence-electron chi connectivity index (χ1n) is 8.05. The van der Waals surface area contributed by atoms with Crippen molar-refractivity contribution in [2.45, 2.75) is 26.3 Å². The fourth-order valence-electron chi connectivity index (χ4n) is 3.08. The summed E-state index contributed by atoms with van der Waals surface area (Å²) in [7, 11) is 4.16. The van der Waals surface area contributed by atoms with Crippen molar-refractivity contribution in [3.8, 4) is 0 Å². The van der Waals surface area contributed by atoms with Crippen molar-refractivity contribution in [1.29, 1.82) is 0 Å².